The third kappa shape index (κ3) is 3.73. The van der Waals surface area contributed by atoms with Crippen LogP contribution >= 0.6 is 0 Å². The third-order valence-electron chi connectivity index (χ3n) is 3.87. The number of non-ortho nitro benzene ring substituents is 1. The molecular weight excluding hydrogens is 352 g/mol. The molecular formula is C19H16N2O4S. The van der Waals surface area contributed by atoms with E-state index in [-0.39, 0.29) is 16.3 Å². The molecule has 0 saturated carbocycles. The first-order chi connectivity index (χ1) is 12.4. The fourth-order valence-corrected chi connectivity index (χ4v) is 3.59. The SMILES string of the molecule is Cc1ccc(S(=O)(=O)Nc2cc([N+](=O)[O-])ccc2-c2ccccc2)cc1. The second-order valence-electron chi connectivity index (χ2n) is 5.77. The van der Waals surface area contributed by atoms with Crippen LogP contribution in [0.3, 0.4) is 0 Å². The molecule has 132 valence electrons. The number of nitrogens with one attached hydrogen (secondary N) is 1. The fraction of sp³-hybridized carbons (Fsp3) is 0.0526. The minimum atomic E-state index is -3.88. The minimum absolute atomic E-state index is 0.0913. The lowest BCUT2D eigenvalue weighted by molar-refractivity contribution is -0.384. The second kappa shape index (κ2) is 6.97. The maximum Gasteiger partial charge on any atom is 0.271 e. The zero-order chi connectivity index (χ0) is 18.7. The lowest BCUT2D eigenvalue weighted by atomic mass is 10.0. The first-order valence-electron chi connectivity index (χ1n) is 7.80. The van der Waals surface area contributed by atoms with E-state index in [1.165, 1.54) is 24.3 Å². The molecule has 0 amide bonds. The molecule has 0 aliphatic rings. The average molecular weight is 368 g/mol. The van der Waals surface area contributed by atoms with Crippen molar-refractivity contribution in [1.29, 1.82) is 0 Å². The van der Waals surface area contributed by atoms with Crippen LogP contribution in [0, 0.1) is 17.0 Å². The molecule has 0 aromatic heterocycles. The van der Waals surface area contributed by atoms with Gasteiger partial charge in [0.1, 0.15) is 0 Å². The van der Waals surface area contributed by atoms with Crippen molar-refractivity contribution in [1.82, 2.24) is 0 Å². The van der Waals surface area contributed by atoms with Gasteiger partial charge in [0.25, 0.3) is 15.7 Å². The van der Waals surface area contributed by atoms with Crippen molar-refractivity contribution < 1.29 is 13.3 Å². The summed E-state index contributed by atoms with van der Waals surface area (Å²) in [5.41, 5.74) is 2.22. The van der Waals surface area contributed by atoms with Gasteiger partial charge in [0.2, 0.25) is 0 Å². The lowest BCUT2D eigenvalue weighted by Crippen LogP contribution is -2.13. The van der Waals surface area contributed by atoms with Crippen LogP contribution in [0.1, 0.15) is 5.56 Å². The number of nitro groups is 1. The molecule has 1 N–H and O–H groups in total. The molecule has 7 heteroatoms. The summed E-state index contributed by atoms with van der Waals surface area (Å²) in [5, 5.41) is 11.1. The van der Waals surface area contributed by atoms with Crippen molar-refractivity contribution in [3.63, 3.8) is 0 Å². The van der Waals surface area contributed by atoms with Gasteiger partial charge in [-0.1, -0.05) is 48.0 Å². The Balaban J connectivity index is 2.08. The Kier molecular flexibility index (Phi) is 4.73. The fourth-order valence-electron chi connectivity index (χ4n) is 2.52. The summed E-state index contributed by atoms with van der Waals surface area (Å²) >= 11 is 0. The van der Waals surface area contributed by atoms with E-state index in [1.807, 2.05) is 37.3 Å². The molecule has 0 aliphatic carbocycles. The van der Waals surface area contributed by atoms with Crippen LogP contribution in [-0.4, -0.2) is 13.3 Å². The number of hydrogen-bond acceptors (Lipinski definition) is 4. The van der Waals surface area contributed by atoms with Crippen molar-refractivity contribution in [2.75, 3.05) is 4.72 Å². The lowest BCUT2D eigenvalue weighted by Gasteiger charge is -2.13. The molecule has 0 unspecified atom stereocenters. The summed E-state index contributed by atoms with van der Waals surface area (Å²) in [5.74, 6) is 0. The molecule has 0 bridgehead atoms. The van der Waals surface area contributed by atoms with Crippen LogP contribution in [0.25, 0.3) is 11.1 Å². The van der Waals surface area contributed by atoms with Gasteiger partial charge in [0.15, 0.2) is 0 Å². The maximum absolute atomic E-state index is 12.7. The molecule has 0 fully saturated rings. The van der Waals surface area contributed by atoms with Crippen molar-refractivity contribution in [3.8, 4) is 11.1 Å². The number of anilines is 1. The van der Waals surface area contributed by atoms with Gasteiger partial charge in [0, 0.05) is 17.7 Å². The molecule has 3 rings (SSSR count). The predicted molar refractivity (Wildman–Crippen MR) is 101 cm³/mol. The van der Waals surface area contributed by atoms with E-state index in [1.54, 1.807) is 18.2 Å². The smallest absolute Gasteiger partial charge is 0.271 e. The van der Waals surface area contributed by atoms with Gasteiger partial charge in [-0.25, -0.2) is 8.42 Å². The van der Waals surface area contributed by atoms with Crippen molar-refractivity contribution >= 4 is 21.4 Å². The molecule has 3 aromatic rings. The molecule has 0 aliphatic heterocycles. The molecule has 0 atom stereocenters. The zero-order valence-electron chi connectivity index (χ0n) is 13.9. The normalized spacial score (nSPS) is 11.1. The maximum atomic E-state index is 12.7. The molecule has 26 heavy (non-hydrogen) atoms. The Labute approximate surface area is 151 Å². The number of sulfonamides is 1. The molecule has 3 aromatic carbocycles. The predicted octanol–water partition coefficient (Wildman–Crippen LogP) is 4.37. The highest BCUT2D eigenvalue weighted by Gasteiger charge is 2.19. The van der Waals surface area contributed by atoms with Crippen LogP contribution < -0.4 is 4.72 Å². The van der Waals surface area contributed by atoms with E-state index in [0.29, 0.717) is 5.56 Å². The van der Waals surface area contributed by atoms with Crippen molar-refractivity contribution in [3.05, 3.63) is 88.5 Å². The van der Waals surface area contributed by atoms with Gasteiger partial charge < -0.3 is 0 Å². The zero-order valence-corrected chi connectivity index (χ0v) is 14.7. The Hall–Kier alpha value is -3.19. The highest BCUT2D eigenvalue weighted by Crippen LogP contribution is 2.33. The Morgan fingerprint density at radius 1 is 0.923 bits per heavy atom. The van der Waals surface area contributed by atoms with E-state index in [0.717, 1.165) is 11.1 Å². The van der Waals surface area contributed by atoms with Crippen LogP contribution in [0.2, 0.25) is 0 Å². The van der Waals surface area contributed by atoms with Gasteiger partial charge in [-0.2, -0.15) is 0 Å². The average Bonchev–Trinajstić information content (AvgIpc) is 2.62. The number of hydrogen-bond donors (Lipinski definition) is 1. The summed E-state index contributed by atoms with van der Waals surface area (Å²) in [6.07, 6.45) is 0. The molecule has 0 radical (unpaired) electrons. The Bertz CT molecular complexity index is 1050. The monoisotopic (exact) mass is 368 g/mol. The van der Waals surface area contributed by atoms with Gasteiger partial charge in [0.05, 0.1) is 15.5 Å². The standard InChI is InChI=1S/C19H16N2O4S/c1-14-7-10-17(11-8-14)26(24,25)20-19-13-16(21(22)23)9-12-18(19)15-5-3-2-4-6-15/h2-13,20H,1H3. The Morgan fingerprint density at radius 3 is 2.19 bits per heavy atom. The molecule has 0 saturated heterocycles. The summed E-state index contributed by atoms with van der Waals surface area (Å²) in [4.78, 5) is 10.6. The summed E-state index contributed by atoms with van der Waals surface area (Å²) in [6, 6.07) is 19.6. The van der Waals surface area contributed by atoms with E-state index in [2.05, 4.69) is 4.72 Å². The van der Waals surface area contributed by atoms with Crippen LogP contribution in [0.15, 0.2) is 77.7 Å². The number of benzene rings is 3. The first-order valence-corrected chi connectivity index (χ1v) is 9.28. The highest BCUT2D eigenvalue weighted by molar-refractivity contribution is 7.92. The summed E-state index contributed by atoms with van der Waals surface area (Å²) in [6.45, 7) is 1.86. The highest BCUT2D eigenvalue weighted by atomic mass is 32.2. The summed E-state index contributed by atoms with van der Waals surface area (Å²) < 4.78 is 27.9. The van der Waals surface area contributed by atoms with E-state index in [4.69, 9.17) is 0 Å². The van der Waals surface area contributed by atoms with E-state index < -0.39 is 14.9 Å². The quantitative estimate of drug-likeness (QED) is 0.535. The molecule has 0 spiro atoms. The topological polar surface area (TPSA) is 89.3 Å². The number of nitro benzene ring substituents is 1. The number of rotatable bonds is 5. The van der Waals surface area contributed by atoms with Crippen molar-refractivity contribution in [2.24, 2.45) is 0 Å². The van der Waals surface area contributed by atoms with Gasteiger partial charge in [-0.15, -0.1) is 0 Å². The van der Waals surface area contributed by atoms with Gasteiger partial charge >= 0.3 is 0 Å². The molecule has 6 nitrogen and oxygen atoms in total. The Morgan fingerprint density at radius 2 is 1.58 bits per heavy atom. The van der Waals surface area contributed by atoms with Gasteiger partial charge in [-0.3, -0.25) is 14.8 Å². The first kappa shape index (κ1) is 17.6. The van der Waals surface area contributed by atoms with E-state index >= 15 is 0 Å². The number of nitrogens with zero attached hydrogens (tertiary/aromatic N) is 1. The van der Waals surface area contributed by atoms with Crippen LogP contribution in [0.5, 0.6) is 0 Å². The molecule has 0 heterocycles. The second-order valence-corrected chi connectivity index (χ2v) is 7.45. The van der Waals surface area contributed by atoms with Crippen LogP contribution in [-0.2, 0) is 10.0 Å². The largest absolute Gasteiger partial charge is 0.279 e. The van der Waals surface area contributed by atoms with Crippen LogP contribution in [0.4, 0.5) is 11.4 Å². The van der Waals surface area contributed by atoms with Gasteiger partial charge in [-0.05, 0) is 30.7 Å². The van der Waals surface area contributed by atoms with E-state index in [9.17, 15) is 18.5 Å². The summed E-state index contributed by atoms with van der Waals surface area (Å²) in [7, 11) is -3.88. The third-order valence-corrected chi connectivity index (χ3v) is 5.26. The van der Waals surface area contributed by atoms with Crippen molar-refractivity contribution in [2.45, 2.75) is 11.8 Å². The number of aryl methyl sites for hydroxylation is 1. The minimum Gasteiger partial charge on any atom is -0.279 e.